The number of aryl methyl sites for hydroxylation is 2. The van der Waals surface area contributed by atoms with Gasteiger partial charge in [0.1, 0.15) is 5.82 Å². The van der Waals surface area contributed by atoms with E-state index in [-0.39, 0.29) is 0 Å². The Bertz CT molecular complexity index is 840. The molecule has 0 saturated carbocycles. The van der Waals surface area contributed by atoms with Crippen molar-refractivity contribution in [2.45, 2.75) is 46.0 Å². The van der Waals surface area contributed by atoms with Crippen molar-refractivity contribution in [3.63, 3.8) is 0 Å². The zero-order valence-electron chi connectivity index (χ0n) is 13.3. The van der Waals surface area contributed by atoms with Gasteiger partial charge in [0, 0.05) is 22.5 Å². The van der Waals surface area contributed by atoms with Crippen molar-refractivity contribution in [1.29, 1.82) is 0 Å². The summed E-state index contributed by atoms with van der Waals surface area (Å²) in [4.78, 5) is 7.94. The predicted molar refractivity (Wildman–Crippen MR) is 92.9 cm³/mol. The Morgan fingerprint density at radius 2 is 2.05 bits per heavy atom. The Balaban J connectivity index is 0.000000693. The fourth-order valence-electron chi connectivity index (χ4n) is 3.24. The third-order valence-corrected chi connectivity index (χ3v) is 4.44. The van der Waals surface area contributed by atoms with E-state index in [0.717, 1.165) is 25.1 Å². The number of H-pyrrole nitrogens is 3. The van der Waals surface area contributed by atoms with Crippen LogP contribution in [-0.4, -0.2) is 20.2 Å². The summed E-state index contributed by atoms with van der Waals surface area (Å²) in [6.07, 6.45) is 3.20. The maximum Gasteiger partial charge on any atom is 0.213 e. The van der Waals surface area contributed by atoms with E-state index in [1.165, 1.54) is 27.7 Å². The second-order valence-electron chi connectivity index (χ2n) is 5.62. The molecule has 2 heterocycles. The van der Waals surface area contributed by atoms with Gasteiger partial charge >= 0.3 is 0 Å². The monoisotopic (exact) mass is 314 g/mol. The van der Waals surface area contributed by atoms with Crippen molar-refractivity contribution in [3.8, 4) is 0 Å². The van der Waals surface area contributed by atoms with Gasteiger partial charge in [-0.25, -0.2) is 4.98 Å². The Hall–Kier alpha value is -1.88. The Kier molecular flexibility index (Phi) is 4.16. The van der Waals surface area contributed by atoms with Gasteiger partial charge in [-0.05, 0) is 56.1 Å². The highest BCUT2D eigenvalue weighted by atomic mass is 32.1. The number of nitrogens with one attached hydrogen (secondary N) is 3. The van der Waals surface area contributed by atoms with Crippen LogP contribution in [0.5, 0.6) is 0 Å². The van der Waals surface area contributed by atoms with E-state index in [1.807, 2.05) is 13.8 Å². The summed E-state index contributed by atoms with van der Waals surface area (Å²) < 4.78 is 0.542. The fourth-order valence-corrected chi connectivity index (χ4v) is 3.39. The van der Waals surface area contributed by atoms with Gasteiger partial charge in [-0.15, -0.1) is 0 Å². The second-order valence-corrected chi connectivity index (χ2v) is 6.01. The van der Waals surface area contributed by atoms with Crippen molar-refractivity contribution in [2.24, 2.45) is 0 Å². The number of aromatic nitrogens is 4. The number of rotatable bonds is 1. The SMILES string of the molecule is CC.Cc1ccc2[nH]c3c(c2c1)CC(c1nc(=S)[nH][nH]1)CC3. The highest BCUT2D eigenvalue weighted by molar-refractivity contribution is 7.71. The highest BCUT2D eigenvalue weighted by Gasteiger charge is 2.25. The summed E-state index contributed by atoms with van der Waals surface area (Å²) in [5.74, 6) is 1.41. The number of aromatic amines is 3. The van der Waals surface area contributed by atoms with Gasteiger partial charge in [0.15, 0.2) is 0 Å². The molecule has 0 fully saturated rings. The van der Waals surface area contributed by atoms with Crippen molar-refractivity contribution >= 4 is 23.1 Å². The molecule has 0 amide bonds. The normalized spacial score (nSPS) is 17.0. The van der Waals surface area contributed by atoms with E-state index in [2.05, 4.69) is 45.3 Å². The largest absolute Gasteiger partial charge is 0.358 e. The lowest BCUT2D eigenvalue weighted by Crippen LogP contribution is -2.13. The molecule has 3 aromatic rings. The molecule has 0 bridgehead atoms. The molecule has 116 valence electrons. The molecule has 3 N–H and O–H groups in total. The van der Waals surface area contributed by atoms with Gasteiger partial charge < -0.3 is 4.98 Å². The van der Waals surface area contributed by atoms with Gasteiger partial charge in [-0.1, -0.05) is 25.5 Å². The molecular formula is C17H22N4S. The van der Waals surface area contributed by atoms with Crippen molar-refractivity contribution in [3.05, 3.63) is 45.6 Å². The minimum Gasteiger partial charge on any atom is -0.358 e. The zero-order valence-corrected chi connectivity index (χ0v) is 14.1. The molecular weight excluding hydrogens is 292 g/mol. The van der Waals surface area contributed by atoms with Gasteiger partial charge in [-0.3, -0.25) is 10.2 Å². The minimum atomic E-state index is 0.426. The second kappa shape index (κ2) is 6.08. The van der Waals surface area contributed by atoms with Crippen LogP contribution in [0, 0.1) is 11.7 Å². The third kappa shape index (κ3) is 2.61. The van der Waals surface area contributed by atoms with E-state index in [1.54, 1.807) is 0 Å². The summed E-state index contributed by atoms with van der Waals surface area (Å²) in [5.41, 5.74) is 5.38. The number of hydrogen-bond donors (Lipinski definition) is 3. The Labute approximate surface area is 135 Å². The first-order valence-electron chi connectivity index (χ1n) is 7.95. The molecule has 1 aliphatic carbocycles. The molecule has 1 aromatic carbocycles. The van der Waals surface area contributed by atoms with E-state index in [4.69, 9.17) is 12.2 Å². The van der Waals surface area contributed by atoms with Gasteiger partial charge in [0.05, 0.1) is 0 Å². The van der Waals surface area contributed by atoms with Crippen LogP contribution >= 0.6 is 12.2 Å². The quantitative estimate of drug-likeness (QED) is 0.577. The first kappa shape index (κ1) is 15.0. The predicted octanol–water partition coefficient (Wildman–Crippen LogP) is 4.56. The van der Waals surface area contributed by atoms with E-state index in [9.17, 15) is 0 Å². The first-order chi connectivity index (χ1) is 10.7. The molecule has 0 saturated heterocycles. The van der Waals surface area contributed by atoms with Gasteiger partial charge in [-0.2, -0.15) is 0 Å². The lowest BCUT2D eigenvalue weighted by atomic mass is 9.86. The summed E-state index contributed by atoms with van der Waals surface area (Å²) in [6.45, 7) is 6.14. The molecule has 1 unspecified atom stereocenters. The van der Waals surface area contributed by atoms with E-state index < -0.39 is 0 Å². The van der Waals surface area contributed by atoms with Crippen LogP contribution in [-0.2, 0) is 12.8 Å². The molecule has 4 rings (SSSR count). The number of fused-ring (bicyclic) bond motifs is 3. The Morgan fingerprint density at radius 1 is 1.23 bits per heavy atom. The zero-order chi connectivity index (χ0) is 15.7. The topological polar surface area (TPSA) is 60.3 Å². The molecule has 0 aliphatic heterocycles. The minimum absolute atomic E-state index is 0.426. The fraction of sp³-hybridized carbons (Fsp3) is 0.412. The summed E-state index contributed by atoms with van der Waals surface area (Å²) in [7, 11) is 0. The van der Waals surface area contributed by atoms with Gasteiger partial charge in [0.2, 0.25) is 4.77 Å². The van der Waals surface area contributed by atoms with Crippen molar-refractivity contribution in [1.82, 2.24) is 20.2 Å². The molecule has 4 nitrogen and oxygen atoms in total. The molecule has 0 radical (unpaired) electrons. The third-order valence-electron chi connectivity index (χ3n) is 4.25. The maximum absolute atomic E-state index is 5.05. The van der Waals surface area contributed by atoms with Crippen molar-refractivity contribution < 1.29 is 0 Å². The summed E-state index contributed by atoms with van der Waals surface area (Å²) in [5, 5.41) is 7.37. The van der Waals surface area contributed by atoms with Crippen molar-refractivity contribution in [2.75, 3.05) is 0 Å². The van der Waals surface area contributed by atoms with Crippen LogP contribution < -0.4 is 0 Å². The molecule has 1 atom stereocenters. The highest BCUT2D eigenvalue weighted by Crippen LogP contribution is 2.35. The van der Waals surface area contributed by atoms with E-state index in [0.29, 0.717) is 10.7 Å². The maximum atomic E-state index is 5.05. The number of nitrogens with zero attached hydrogens (tertiary/aromatic N) is 1. The average Bonchev–Trinajstić information content (AvgIpc) is 3.12. The van der Waals surface area contributed by atoms with Crippen LogP contribution in [0.15, 0.2) is 18.2 Å². The van der Waals surface area contributed by atoms with E-state index >= 15 is 0 Å². The first-order valence-corrected chi connectivity index (χ1v) is 8.36. The van der Waals surface area contributed by atoms with Crippen LogP contribution in [0.1, 0.15) is 48.8 Å². The summed E-state index contributed by atoms with van der Waals surface area (Å²) in [6, 6.07) is 6.62. The summed E-state index contributed by atoms with van der Waals surface area (Å²) >= 11 is 5.05. The Morgan fingerprint density at radius 3 is 2.77 bits per heavy atom. The van der Waals surface area contributed by atoms with Crippen LogP contribution in [0.3, 0.4) is 0 Å². The molecule has 22 heavy (non-hydrogen) atoms. The smallest absolute Gasteiger partial charge is 0.213 e. The van der Waals surface area contributed by atoms with Crippen LogP contribution in [0.4, 0.5) is 0 Å². The number of hydrogen-bond acceptors (Lipinski definition) is 2. The molecule has 1 aliphatic rings. The lowest BCUT2D eigenvalue weighted by Gasteiger charge is -2.20. The van der Waals surface area contributed by atoms with Gasteiger partial charge in [0.25, 0.3) is 0 Å². The molecule has 0 spiro atoms. The van der Waals surface area contributed by atoms with Crippen LogP contribution in [0.25, 0.3) is 10.9 Å². The molecule has 2 aromatic heterocycles. The lowest BCUT2D eigenvalue weighted by molar-refractivity contribution is 0.555. The standard InChI is InChI=1S/C15H16N4S.C2H6/c1-8-2-4-12-10(6-8)11-7-9(3-5-13(11)16-12)14-17-15(20)19-18-14;1-2/h2,4,6,9,16H,3,5,7H2,1H3,(H2,17,18,19,20);1-2H3. The molecule has 5 heteroatoms. The number of benzene rings is 1. The average molecular weight is 314 g/mol. The van der Waals surface area contributed by atoms with Crippen LogP contribution in [0.2, 0.25) is 0 Å².